The van der Waals surface area contributed by atoms with Crippen molar-refractivity contribution in [1.82, 2.24) is 15.5 Å². The van der Waals surface area contributed by atoms with Crippen molar-refractivity contribution in [3.05, 3.63) is 0 Å². The molecule has 0 radical (unpaired) electrons. The number of rotatable bonds is 5. The molecule has 0 aromatic heterocycles. The number of piperidine rings is 1. The molecular formula is C14H28N4. The first kappa shape index (κ1) is 13.7. The van der Waals surface area contributed by atoms with Crippen molar-refractivity contribution in [3.63, 3.8) is 0 Å². The quantitative estimate of drug-likeness (QED) is 0.574. The maximum absolute atomic E-state index is 4.67. The Kier molecular flexibility index (Phi) is 5.29. The van der Waals surface area contributed by atoms with Crippen molar-refractivity contribution >= 4 is 5.96 Å². The lowest BCUT2D eigenvalue weighted by Gasteiger charge is -2.30. The molecule has 1 atom stereocenters. The third-order valence-corrected chi connectivity index (χ3v) is 3.69. The summed E-state index contributed by atoms with van der Waals surface area (Å²) in [6.07, 6.45) is 5.35. The number of guanidine groups is 1. The predicted molar refractivity (Wildman–Crippen MR) is 77.0 cm³/mol. The van der Waals surface area contributed by atoms with Gasteiger partial charge in [-0.2, -0.15) is 0 Å². The van der Waals surface area contributed by atoms with Gasteiger partial charge in [-0.3, -0.25) is 4.99 Å². The topological polar surface area (TPSA) is 39.7 Å². The second-order valence-corrected chi connectivity index (χ2v) is 5.73. The van der Waals surface area contributed by atoms with Crippen LogP contribution in [-0.4, -0.2) is 49.6 Å². The summed E-state index contributed by atoms with van der Waals surface area (Å²) in [5.74, 6) is 1.87. The van der Waals surface area contributed by atoms with Gasteiger partial charge in [0.05, 0.1) is 6.54 Å². The molecule has 4 nitrogen and oxygen atoms in total. The average Bonchev–Trinajstić information content (AvgIpc) is 3.13. The lowest BCUT2D eigenvalue weighted by molar-refractivity contribution is 0.189. The highest BCUT2D eigenvalue weighted by molar-refractivity contribution is 5.80. The minimum Gasteiger partial charge on any atom is -0.357 e. The molecule has 2 fully saturated rings. The summed E-state index contributed by atoms with van der Waals surface area (Å²) in [5.41, 5.74) is 0. The number of hydrogen-bond donors (Lipinski definition) is 2. The van der Waals surface area contributed by atoms with Crippen LogP contribution in [0, 0.1) is 5.92 Å². The monoisotopic (exact) mass is 252 g/mol. The van der Waals surface area contributed by atoms with E-state index < -0.39 is 0 Å². The van der Waals surface area contributed by atoms with Gasteiger partial charge in [-0.05, 0) is 45.1 Å². The molecular weight excluding hydrogens is 224 g/mol. The molecule has 2 aliphatic rings. The normalized spacial score (nSPS) is 26.1. The van der Waals surface area contributed by atoms with E-state index in [0.717, 1.165) is 31.5 Å². The van der Waals surface area contributed by atoms with Gasteiger partial charge in [0, 0.05) is 25.7 Å². The van der Waals surface area contributed by atoms with Crippen LogP contribution in [0.3, 0.4) is 0 Å². The molecule has 0 amide bonds. The van der Waals surface area contributed by atoms with E-state index in [1.165, 1.54) is 38.8 Å². The Labute approximate surface area is 111 Å². The van der Waals surface area contributed by atoms with Crippen LogP contribution in [0.4, 0.5) is 0 Å². The van der Waals surface area contributed by atoms with Crippen LogP contribution in [0.1, 0.15) is 39.5 Å². The molecule has 1 saturated carbocycles. The predicted octanol–water partition coefficient (Wildman–Crippen LogP) is 1.44. The van der Waals surface area contributed by atoms with E-state index in [0.29, 0.717) is 6.04 Å². The van der Waals surface area contributed by atoms with Crippen LogP contribution >= 0.6 is 0 Å². The molecule has 2 N–H and O–H groups in total. The van der Waals surface area contributed by atoms with Crippen LogP contribution in [0.5, 0.6) is 0 Å². The lowest BCUT2D eigenvalue weighted by Crippen LogP contribution is -2.40. The summed E-state index contributed by atoms with van der Waals surface area (Å²) in [6.45, 7) is 9.94. The van der Waals surface area contributed by atoms with E-state index in [-0.39, 0.29) is 0 Å². The summed E-state index contributed by atoms with van der Waals surface area (Å²) in [4.78, 5) is 7.22. The summed E-state index contributed by atoms with van der Waals surface area (Å²) in [5, 5.41) is 6.78. The Hall–Kier alpha value is -0.770. The fourth-order valence-corrected chi connectivity index (χ4v) is 2.53. The molecule has 1 heterocycles. The van der Waals surface area contributed by atoms with Gasteiger partial charge >= 0.3 is 0 Å². The molecule has 0 bridgehead atoms. The maximum Gasteiger partial charge on any atom is 0.191 e. The summed E-state index contributed by atoms with van der Waals surface area (Å²) < 4.78 is 0. The zero-order chi connectivity index (χ0) is 12.8. The van der Waals surface area contributed by atoms with Crippen LogP contribution in [-0.2, 0) is 0 Å². The van der Waals surface area contributed by atoms with Crippen molar-refractivity contribution in [2.75, 3.05) is 32.7 Å². The number of nitrogens with zero attached hydrogens (tertiary/aromatic N) is 2. The van der Waals surface area contributed by atoms with Crippen LogP contribution in [0.15, 0.2) is 4.99 Å². The number of likely N-dealkylation sites (tertiary alicyclic amines) is 1. The van der Waals surface area contributed by atoms with Gasteiger partial charge in [0.1, 0.15) is 0 Å². The standard InChI is InChI=1S/C14H28N4/c1-3-15-14(17-13-6-7-13)16-8-10-18-9-4-5-12(2)11-18/h12-13H,3-11H2,1-2H3,(H2,15,16,17). The lowest BCUT2D eigenvalue weighted by atomic mass is 10.0. The van der Waals surface area contributed by atoms with Crippen molar-refractivity contribution in [3.8, 4) is 0 Å². The van der Waals surface area contributed by atoms with E-state index in [1.54, 1.807) is 0 Å². The third kappa shape index (κ3) is 4.84. The molecule has 1 unspecified atom stereocenters. The second-order valence-electron chi connectivity index (χ2n) is 5.73. The van der Waals surface area contributed by atoms with Crippen LogP contribution in [0.25, 0.3) is 0 Å². The van der Waals surface area contributed by atoms with Crippen molar-refractivity contribution < 1.29 is 0 Å². The molecule has 0 aromatic rings. The third-order valence-electron chi connectivity index (χ3n) is 3.69. The fourth-order valence-electron chi connectivity index (χ4n) is 2.53. The van der Waals surface area contributed by atoms with Gasteiger partial charge in [-0.15, -0.1) is 0 Å². The molecule has 0 spiro atoms. The number of hydrogen-bond acceptors (Lipinski definition) is 2. The number of aliphatic imine (C=N–C) groups is 1. The average molecular weight is 252 g/mol. The van der Waals surface area contributed by atoms with E-state index in [9.17, 15) is 0 Å². The highest BCUT2D eigenvalue weighted by Gasteiger charge is 2.22. The molecule has 4 heteroatoms. The number of nitrogens with one attached hydrogen (secondary N) is 2. The second kappa shape index (κ2) is 6.98. The minimum atomic E-state index is 0.679. The molecule has 1 aliphatic carbocycles. The molecule has 0 aromatic carbocycles. The highest BCUT2D eigenvalue weighted by atomic mass is 15.2. The van der Waals surface area contributed by atoms with Gasteiger partial charge in [-0.25, -0.2) is 0 Å². The minimum absolute atomic E-state index is 0.679. The van der Waals surface area contributed by atoms with Crippen molar-refractivity contribution in [1.29, 1.82) is 0 Å². The Morgan fingerprint density at radius 1 is 1.33 bits per heavy atom. The van der Waals surface area contributed by atoms with Crippen molar-refractivity contribution in [2.45, 2.75) is 45.6 Å². The van der Waals surface area contributed by atoms with E-state index in [2.05, 4.69) is 34.4 Å². The molecule has 104 valence electrons. The first-order valence-corrected chi connectivity index (χ1v) is 7.55. The van der Waals surface area contributed by atoms with Gasteiger partial charge in [-0.1, -0.05) is 6.92 Å². The first-order valence-electron chi connectivity index (χ1n) is 7.55. The Balaban J connectivity index is 1.69. The molecule has 2 rings (SSSR count). The molecule has 18 heavy (non-hydrogen) atoms. The Morgan fingerprint density at radius 2 is 2.17 bits per heavy atom. The Morgan fingerprint density at radius 3 is 2.83 bits per heavy atom. The zero-order valence-corrected chi connectivity index (χ0v) is 11.9. The van der Waals surface area contributed by atoms with E-state index >= 15 is 0 Å². The van der Waals surface area contributed by atoms with E-state index in [1.807, 2.05) is 0 Å². The zero-order valence-electron chi connectivity index (χ0n) is 11.9. The van der Waals surface area contributed by atoms with Crippen LogP contribution in [0.2, 0.25) is 0 Å². The summed E-state index contributed by atoms with van der Waals surface area (Å²) in [7, 11) is 0. The van der Waals surface area contributed by atoms with Gasteiger partial charge in [0.2, 0.25) is 0 Å². The Bertz CT molecular complexity index is 273. The van der Waals surface area contributed by atoms with Gasteiger partial charge < -0.3 is 15.5 Å². The van der Waals surface area contributed by atoms with Gasteiger partial charge in [0.25, 0.3) is 0 Å². The largest absolute Gasteiger partial charge is 0.357 e. The van der Waals surface area contributed by atoms with Gasteiger partial charge in [0.15, 0.2) is 5.96 Å². The van der Waals surface area contributed by atoms with Crippen LogP contribution < -0.4 is 10.6 Å². The summed E-state index contributed by atoms with van der Waals surface area (Å²) in [6, 6.07) is 0.679. The van der Waals surface area contributed by atoms with Crippen molar-refractivity contribution in [2.24, 2.45) is 10.9 Å². The highest BCUT2D eigenvalue weighted by Crippen LogP contribution is 2.18. The smallest absolute Gasteiger partial charge is 0.191 e. The fraction of sp³-hybridized carbons (Fsp3) is 0.929. The van der Waals surface area contributed by atoms with E-state index in [4.69, 9.17) is 0 Å². The summed E-state index contributed by atoms with van der Waals surface area (Å²) >= 11 is 0. The SMILES string of the molecule is CCNC(=NCCN1CCCC(C)C1)NC1CC1. The maximum atomic E-state index is 4.67. The molecule has 1 saturated heterocycles. The first-order chi connectivity index (χ1) is 8.78. The molecule has 1 aliphatic heterocycles.